The van der Waals surface area contributed by atoms with E-state index in [1.54, 1.807) is 7.11 Å². The van der Waals surface area contributed by atoms with Gasteiger partial charge in [0.25, 0.3) is 5.91 Å². The Bertz CT molecular complexity index is 697. The van der Waals surface area contributed by atoms with Crippen LogP contribution in [0.2, 0.25) is 0 Å². The molecule has 1 aromatic carbocycles. The predicted octanol–water partition coefficient (Wildman–Crippen LogP) is 1.96. The number of nitrogens with zero attached hydrogens (tertiary/aromatic N) is 2. The van der Waals surface area contributed by atoms with Crippen LogP contribution in [-0.2, 0) is 4.74 Å². The van der Waals surface area contributed by atoms with Crippen molar-refractivity contribution in [2.45, 2.75) is 19.8 Å². The number of imidazole rings is 1. The first-order valence-electron chi connectivity index (χ1n) is 8.61. The van der Waals surface area contributed by atoms with Gasteiger partial charge in [0.2, 0.25) is 0 Å². The molecule has 2 heterocycles. The fourth-order valence-corrected chi connectivity index (χ4v) is 3.27. The molecule has 24 heavy (non-hydrogen) atoms. The molecule has 1 aromatic heterocycles. The second-order valence-electron chi connectivity index (χ2n) is 6.62. The molecular formula is C18H26N4O2. The van der Waals surface area contributed by atoms with Gasteiger partial charge in [-0.2, -0.15) is 0 Å². The first kappa shape index (κ1) is 16.9. The fourth-order valence-electron chi connectivity index (χ4n) is 3.27. The maximum atomic E-state index is 12.3. The molecule has 130 valence electrons. The molecule has 1 atom stereocenters. The molecule has 2 aromatic rings. The van der Waals surface area contributed by atoms with Crippen LogP contribution >= 0.6 is 0 Å². The van der Waals surface area contributed by atoms with E-state index in [1.165, 1.54) is 0 Å². The van der Waals surface area contributed by atoms with Crippen LogP contribution in [0.1, 0.15) is 29.0 Å². The molecule has 0 saturated carbocycles. The Morgan fingerprint density at radius 1 is 1.50 bits per heavy atom. The highest BCUT2D eigenvalue weighted by atomic mass is 16.5. The monoisotopic (exact) mass is 330 g/mol. The van der Waals surface area contributed by atoms with Gasteiger partial charge in [0.15, 0.2) is 5.82 Å². The summed E-state index contributed by atoms with van der Waals surface area (Å²) in [6, 6.07) is 5.95. The van der Waals surface area contributed by atoms with Crippen molar-refractivity contribution in [3.8, 4) is 0 Å². The van der Waals surface area contributed by atoms with E-state index in [0.29, 0.717) is 18.3 Å². The Morgan fingerprint density at radius 2 is 2.38 bits per heavy atom. The average molecular weight is 330 g/mol. The number of hydrogen-bond donors (Lipinski definition) is 2. The van der Waals surface area contributed by atoms with Gasteiger partial charge in [0.1, 0.15) is 0 Å². The Kier molecular flexibility index (Phi) is 5.48. The number of hydrogen-bond acceptors (Lipinski definition) is 4. The second-order valence-corrected chi connectivity index (χ2v) is 6.62. The standard InChI is InChI=1S/C18H26N4O2/c1-13-4-5-15-16(10-13)21-17(20-15)18(23)19-11-14-6-8-22(12-14)7-3-9-24-2/h4-5,10,14H,3,6-9,11-12H2,1-2H3,(H,19,23)(H,20,21). The highest BCUT2D eigenvalue weighted by Gasteiger charge is 2.23. The van der Waals surface area contributed by atoms with E-state index in [-0.39, 0.29) is 5.91 Å². The van der Waals surface area contributed by atoms with Gasteiger partial charge >= 0.3 is 0 Å². The number of carbonyl (C=O) groups excluding carboxylic acids is 1. The molecule has 1 unspecified atom stereocenters. The summed E-state index contributed by atoms with van der Waals surface area (Å²) in [6.07, 6.45) is 2.20. The number of carbonyl (C=O) groups is 1. The summed E-state index contributed by atoms with van der Waals surface area (Å²) in [4.78, 5) is 22.2. The van der Waals surface area contributed by atoms with Crippen molar-refractivity contribution >= 4 is 16.9 Å². The number of fused-ring (bicyclic) bond motifs is 1. The summed E-state index contributed by atoms with van der Waals surface area (Å²) in [5.74, 6) is 0.787. The summed E-state index contributed by atoms with van der Waals surface area (Å²) in [7, 11) is 1.74. The molecule has 1 aliphatic rings. The summed E-state index contributed by atoms with van der Waals surface area (Å²) in [6.45, 7) is 6.76. The Balaban J connectivity index is 1.48. The van der Waals surface area contributed by atoms with Crippen LogP contribution in [0.5, 0.6) is 0 Å². The third-order valence-corrected chi connectivity index (χ3v) is 4.60. The lowest BCUT2D eigenvalue weighted by Gasteiger charge is -2.15. The zero-order valence-corrected chi connectivity index (χ0v) is 14.5. The van der Waals surface area contributed by atoms with Crippen LogP contribution in [0, 0.1) is 12.8 Å². The van der Waals surface area contributed by atoms with Crippen LogP contribution in [0.3, 0.4) is 0 Å². The number of nitrogens with one attached hydrogen (secondary N) is 2. The number of amides is 1. The molecule has 1 fully saturated rings. The Labute approximate surface area is 142 Å². The molecule has 1 saturated heterocycles. The number of methoxy groups -OCH3 is 1. The number of rotatable bonds is 7. The number of likely N-dealkylation sites (tertiary alicyclic amines) is 1. The van der Waals surface area contributed by atoms with Crippen molar-refractivity contribution in [2.75, 3.05) is 39.9 Å². The molecule has 0 bridgehead atoms. The zero-order valence-electron chi connectivity index (χ0n) is 14.5. The predicted molar refractivity (Wildman–Crippen MR) is 94.2 cm³/mol. The van der Waals surface area contributed by atoms with E-state index in [9.17, 15) is 4.79 Å². The third kappa shape index (κ3) is 4.13. The summed E-state index contributed by atoms with van der Waals surface area (Å²) in [5, 5.41) is 3.02. The van der Waals surface area contributed by atoms with Crippen LogP contribution < -0.4 is 5.32 Å². The van der Waals surface area contributed by atoms with Gasteiger partial charge in [0, 0.05) is 33.4 Å². The van der Waals surface area contributed by atoms with Crippen LogP contribution in [0.15, 0.2) is 18.2 Å². The molecule has 0 spiro atoms. The average Bonchev–Trinajstić information content (AvgIpc) is 3.19. The quantitative estimate of drug-likeness (QED) is 0.762. The van der Waals surface area contributed by atoms with Crippen LogP contribution in [-0.4, -0.2) is 60.7 Å². The smallest absolute Gasteiger partial charge is 0.287 e. The number of aryl methyl sites for hydroxylation is 1. The number of benzene rings is 1. The van der Waals surface area contributed by atoms with E-state index in [0.717, 1.165) is 55.7 Å². The Morgan fingerprint density at radius 3 is 3.21 bits per heavy atom. The highest BCUT2D eigenvalue weighted by Crippen LogP contribution is 2.16. The van der Waals surface area contributed by atoms with Gasteiger partial charge < -0.3 is 19.9 Å². The van der Waals surface area contributed by atoms with Gasteiger partial charge in [-0.15, -0.1) is 0 Å². The molecule has 3 rings (SSSR count). The number of aromatic nitrogens is 2. The first-order valence-corrected chi connectivity index (χ1v) is 8.61. The van der Waals surface area contributed by atoms with Crippen molar-refractivity contribution in [2.24, 2.45) is 5.92 Å². The Hall–Kier alpha value is -1.92. The largest absolute Gasteiger partial charge is 0.385 e. The molecule has 2 N–H and O–H groups in total. The minimum absolute atomic E-state index is 0.123. The van der Waals surface area contributed by atoms with E-state index >= 15 is 0 Å². The molecule has 0 aliphatic carbocycles. The topological polar surface area (TPSA) is 70.2 Å². The normalized spacial score (nSPS) is 18.3. The molecule has 6 heteroatoms. The minimum atomic E-state index is -0.123. The van der Waals surface area contributed by atoms with E-state index in [2.05, 4.69) is 20.2 Å². The highest BCUT2D eigenvalue weighted by molar-refractivity contribution is 5.94. The summed E-state index contributed by atoms with van der Waals surface area (Å²) >= 11 is 0. The molecular weight excluding hydrogens is 304 g/mol. The molecule has 6 nitrogen and oxygen atoms in total. The second kappa shape index (κ2) is 7.77. The van der Waals surface area contributed by atoms with Gasteiger partial charge in [0.05, 0.1) is 11.0 Å². The molecule has 0 radical (unpaired) electrons. The SMILES string of the molecule is COCCCN1CCC(CNC(=O)c2nc3ccc(C)cc3[nH]2)C1. The van der Waals surface area contributed by atoms with Crippen molar-refractivity contribution in [1.29, 1.82) is 0 Å². The van der Waals surface area contributed by atoms with Crippen LogP contribution in [0.25, 0.3) is 11.0 Å². The fraction of sp³-hybridized carbons (Fsp3) is 0.556. The lowest BCUT2D eigenvalue weighted by atomic mass is 10.1. The lowest BCUT2D eigenvalue weighted by Crippen LogP contribution is -2.31. The molecule has 1 aliphatic heterocycles. The number of aromatic amines is 1. The summed E-state index contributed by atoms with van der Waals surface area (Å²) in [5.41, 5.74) is 2.89. The zero-order chi connectivity index (χ0) is 16.9. The van der Waals surface area contributed by atoms with Crippen molar-refractivity contribution in [1.82, 2.24) is 20.2 Å². The van der Waals surface area contributed by atoms with Crippen molar-refractivity contribution in [3.63, 3.8) is 0 Å². The first-order chi connectivity index (χ1) is 11.7. The van der Waals surface area contributed by atoms with E-state index < -0.39 is 0 Å². The van der Waals surface area contributed by atoms with Crippen molar-refractivity contribution < 1.29 is 9.53 Å². The maximum Gasteiger partial charge on any atom is 0.287 e. The van der Waals surface area contributed by atoms with Gasteiger partial charge in [-0.3, -0.25) is 4.79 Å². The van der Waals surface area contributed by atoms with Gasteiger partial charge in [-0.05, 0) is 49.9 Å². The van der Waals surface area contributed by atoms with Crippen molar-refractivity contribution in [3.05, 3.63) is 29.6 Å². The van der Waals surface area contributed by atoms with E-state index in [4.69, 9.17) is 4.74 Å². The lowest BCUT2D eigenvalue weighted by molar-refractivity contribution is 0.0938. The minimum Gasteiger partial charge on any atom is -0.385 e. The third-order valence-electron chi connectivity index (χ3n) is 4.60. The van der Waals surface area contributed by atoms with Gasteiger partial charge in [-0.25, -0.2) is 4.98 Å². The van der Waals surface area contributed by atoms with Gasteiger partial charge in [-0.1, -0.05) is 6.07 Å². The summed E-state index contributed by atoms with van der Waals surface area (Å²) < 4.78 is 5.09. The van der Waals surface area contributed by atoms with E-state index in [1.807, 2.05) is 25.1 Å². The van der Waals surface area contributed by atoms with Crippen LogP contribution in [0.4, 0.5) is 0 Å². The number of H-pyrrole nitrogens is 1. The molecule has 1 amide bonds. The maximum absolute atomic E-state index is 12.3. The number of ether oxygens (including phenoxy) is 1.